The number of carbonyl (C=O) groups is 1. The Bertz CT molecular complexity index is 749. The van der Waals surface area contributed by atoms with Gasteiger partial charge in [0.05, 0.1) is 16.8 Å². The van der Waals surface area contributed by atoms with Crippen molar-refractivity contribution in [1.29, 1.82) is 0 Å². The van der Waals surface area contributed by atoms with E-state index in [1.165, 1.54) is 6.21 Å². The summed E-state index contributed by atoms with van der Waals surface area (Å²) in [6.07, 6.45) is 1.42. The molecule has 0 bridgehead atoms. The maximum absolute atomic E-state index is 12.0. The highest BCUT2D eigenvalue weighted by molar-refractivity contribution is 6.33. The molecule has 0 saturated carbocycles. The lowest BCUT2D eigenvalue weighted by atomic mass is 9.86. The minimum Gasteiger partial charge on any atom is -0.507 e. The summed E-state index contributed by atoms with van der Waals surface area (Å²) in [6.45, 7) is 6.25. The molecule has 2 aromatic carbocycles. The average molecular weight is 331 g/mol. The van der Waals surface area contributed by atoms with E-state index in [1.807, 2.05) is 12.1 Å². The Kier molecular flexibility index (Phi) is 5.06. The third-order valence-electron chi connectivity index (χ3n) is 3.38. The molecule has 0 aliphatic rings. The number of hydrogen-bond acceptors (Lipinski definition) is 3. The number of benzene rings is 2. The second-order valence-corrected chi connectivity index (χ2v) is 6.61. The molecule has 5 heteroatoms. The number of amides is 1. The first-order chi connectivity index (χ1) is 10.8. The molecule has 0 atom stereocenters. The van der Waals surface area contributed by atoms with Gasteiger partial charge in [0, 0.05) is 5.56 Å². The van der Waals surface area contributed by atoms with Gasteiger partial charge in [-0.2, -0.15) is 5.10 Å². The Balaban J connectivity index is 2.15. The smallest absolute Gasteiger partial charge is 0.272 e. The summed E-state index contributed by atoms with van der Waals surface area (Å²) in [5.41, 5.74) is 4.31. The molecule has 0 aliphatic carbocycles. The van der Waals surface area contributed by atoms with Crippen molar-refractivity contribution in [3.05, 3.63) is 64.2 Å². The van der Waals surface area contributed by atoms with Crippen LogP contribution in [-0.2, 0) is 5.41 Å². The van der Waals surface area contributed by atoms with Crippen LogP contribution < -0.4 is 5.43 Å². The average Bonchev–Trinajstić information content (AvgIpc) is 2.48. The highest BCUT2D eigenvalue weighted by Gasteiger charge is 2.15. The monoisotopic (exact) mass is 330 g/mol. The van der Waals surface area contributed by atoms with Crippen LogP contribution in [0.25, 0.3) is 0 Å². The number of aromatic hydroxyl groups is 1. The van der Waals surface area contributed by atoms with Gasteiger partial charge in [0.1, 0.15) is 5.75 Å². The van der Waals surface area contributed by atoms with Crippen LogP contribution in [0.1, 0.15) is 42.3 Å². The van der Waals surface area contributed by atoms with Crippen molar-refractivity contribution in [2.45, 2.75) is 26.2 Å². The summed E-state index contributed by atoms with van der Waals surface area (Å²) in [5, 5.41) is 14.2. The second kappa shape index (κ2) is 6.84. The lowest BCUT2D eigenvalue weighted by molar-refractivity contribution is 0.0955. The van der Waals surface area contributed by atoms with Gasteiger partial charge < -0.3 is 5.11 Å². The predicted molar refractivity (Wildman–Crippen MR) is 93.3 cm³/mol. The van der Waals surface area contributed by atoms with E-state index in [9.17, 15) is 9.90 Å². The first kappa shape index (κ1) is 17.0. The van der Waals surface area contributed by atoms with E-state index in [0.29, 0.717) is 16.1 Å². The predicted octanol–water partition coefficient (Wildman–Crippen LogP) is 4.11. The Morgan fingerprint density at radius 1 is 1.22 bits per heavy atom. The largest absolute Gasteiger partial charge is 0.507 e. The van der Waals surface area contributed by atoms with E-state index in [2.05, 4.69) is 31.3 Å². The highest BCUT2D eigenvalue weighted by atomic mass is 35.5. The first-order valence-corrected chi connectivity index (χ1v) is 7.58. The standard InChI is InChI=1S/C18H19ClN2O2/c1-18(2,3)13-8-9-16(22)12(10-13)11-20-21-17(23)14-6-4-5-7-15(14)19/h4-11,22H,1-3H3,(H,21,23)/b20-11-. The highest BCUT2D eigenvalue weighted by Crippen LogP contribution is 2.26. The zero-order valence-electron chi connectivity index (χ0n) is 13.3. The first-order valence-electron chi connectivity index (χ1n) is 7.20. The molecule has 2 aromatic rings. The quantitative estimate of drug-likeness (QED) is 0.657. The lowest BCUT2D eigenvalue weighted by Gasteiger charge is -2.19. The maximum Gasteiger partial charge on any atom is 0.272 e. The van der Waals surface area contributed by atoms with Crippen LogP contribution in [0.4, 0.5) is 0 Å². The number of nitrogens with zero attached hydrogens (tertiary/aromatic N) is 1. The van der Waals surface area contributed by atoms with Crippen LogP contribution in [0.15, 0.2) is 47.6 Å². The Hall–Kier alpha value is -2.33. The zero-order chi connectivity index (χ0) is 17.0. The van der Waals surface area contributed by atoms with Crippen molar-refractivity contribution in [2.75, 3.05) is 0 Å². The van der Waals surface area contributed by atoms with Gasteiger partial charge in [0.25, 0.3) is 5.91 Å². The third-order valence-corrected chi connectivity index (χ3v) is 3.71. The molecule has 0 radical (unpaired) electrons. The fourth-order valence-corrected chi connectivity index (χ4v) is 2.21. The van der Waals surface area contributed by atoms with Crippen molar-refractivity contribution >= 4 is 23.7 Å². The maximum atomic E-state index is 12.0. The van der Waals surface area contributed by atoms with E-state index in [4.69, 9.17) is 11.6 Å². The molecule has 0 spiro atoms. The number of carbonyl (C=O) groups excluding carboxylic acids is 1. The Labute approximate surface area is 140 Å². The van der Waals surface area contributed by atoms with Gasteiger partial charge in [-0.1, -0.05) is 50.6 Å². The van der Waals surface area contributed by atoms with E-state index in [0.717, 1.165) is 5.56 Å². The summed E-state index contributed by atoms with van der Waals surface area (Å²) in [5.74, 6) is -0.299. The fraction of sp³-hybridized carbons (Fsp3) is 0.222. The minimum atomic E-state index is -0.404. The summed E-state index contributed by atoms with van der Waals surface area (Å²) in [6, 6.07) is 12.1. The summed E-state index contributed by atoms with van der Waals surface area (Å²) >= 11 is 5.96. The molecule has 0 aromatic heterocycles. The van der Waals surface area contributed by atoms with Gasteiger partial charge in [-0.05, 0) is 35.2 Å². The van der Waals surface area contributed by atoms with Crippen molar-refractivity contribution in [1.82, 2.24) is 5.43 Å². The van der Waals surface area contributed by atoms with Crippen molar-refractivity contribution in [3.8, 4) is 5.75 Å². The molecule has 1 amide bonds. The molecule has 2 rings (SSSR count). The number of phenols is 1. The van der Waals surface area contributed by atoms with Crippen LogP contribution in [0, 0.1) is 0 Å². The van der Waals surface area contributed by atoms with Gasteiger partial charge in [0.15, 0.2) is 0 Å². The Morgan fingerprint density at radius 3 is 2.57 bits per heavy atom. The summed E-state index contributed by atoms with van der Waals surface area (Å²) < 4.78 is 0. The third kappa shape index (κ3) is 4.33. The number of phenolic OH excluding ortho intramolecular Hbond substituents is 1. The van der Waals surface area contributed by atoms with Gasteiger partial charge in [0.2, 0.25) is 0 Å². The van der Waals surface area contributed by atoms with Gasteiger partial charge in [-0.25, -0.2) is 5.43 Å². The summed E-state index contributed by atoms with van der Waals surface area (Å²) in [7, 11) is 0. The SMILES string of the molecule is CC(C)(C)c1ccc(O)c(/C=N\NC(=O)c2ccccc2Cl)c1. The normalized spacial score (nSPS) is 11.7. The molecule has 0 heterocycles. The molecule has 4 nitrogen and oxygen atoms in total. The van der Waals surface area contributed by atoms with Crippen molar-refractivity contribution in [3.63, 3.8) is 0 Å². The molecule has 0 fully saturated rings. The molecule has 23 heavy (non-hydrogen) atoms. The van der Waals surface area contributed by atoms with E-state index >= 15 is 0 Å². The molecule has 120 valence electrons. The molecular weight excluding hydrogens is 312 g/mol. The van der Waals surface area contributed by atoms with Crippen LogP contribution in [0.2, 0.25) is 5.02 Å². The number of nitrogens with one attached hydrogen (secondary N) is 1. The molecule has 2 N–H and O–H groups in total. The van der Waals surface area contributed by atoms with Gasteiger partial charge in [-0.3, -0.25) is 4.79 Å². The fourth-order valence-electron chi connectivity index (χ4n) is 1.99. The Morgan fingerprint density at radius 2 is 1.91 bits per heavy atom. The minimum absolute atomic E-state index is 0.0445. The summed E-state index contributed by atoms with van der Waals surface area (Å²) in [4.78, 5) is 12.0. The molecule has 0 saturated heterocycles. The molecule has 0 aliphatic heterocycles. The van der Waals surface area contributed by atoms with Crippen LogP contribution in [0.5, 0.6) is 5.75 Å². The van der Waals surface area contributed by atoms with E-state index < -0.39 is 5.91 Å². The van der Waals surface area contributed by atoms with E-state index in [-0.39, 0.29) is 11.2 Å². The van der Waals surface area contributed by atoms with Gasteiger partial charge in [-0.15, -0.1) is 0 Å². The van der Waals surface area contributed by atoms with Crippen LogP contribution in [-0.4, -0.2) is 17.2 Å². The van der Waals surface area contributed by atoms with Crippen molar-refractivity contribution in [2.24, 2.45) is 5.10 Å². The number of halogens is 1. The van der Waals surface area contributed by atoms with Gasteiger partial charge >= 0.3 is 0 Å². The van der Waals surface area contributed by atoms with Crippen molar-refractivity contribution < 1.29 is 9.90 Å². The zero-order valence-corrected chi connectivity index (χ0v) is 14.1. The molecular formula is C18H19ClN2O2. The number of hydrogen-bond donors (Lipinski definition) is 2. The lowest BCUT2D eigenvalue weighted by Crippen LogP contribution is -2.18. The van der Waals surface area contributed by atoms with E-state index in [1.54, 1.807) is 30.3 Å². The number of hydrazone groups is 1. The molecule has 0 unspecified atom stereocenters. The number of rotatable bonds is 3. The van der Waals surface area contributed by atoms with Crippen LogP contribution >= 0.6 is 11.6 Å². The second-order valence-electron chi connectivity index (χ2n) is 6.20. The topological polar surface area (TPSA) is 61.7 Å². The van der Waals surface area contributed by atoms with Crippen LogP contribution in [0.3, 0.4) is 0 Å².